The van der Waals surface area contributed by atoms with Crippen LogP contribution in [0.1, 0.15) is 5.56 Å². The lowest BCUT2D eigenvalue weighted by atomic mass is 10.1. The maximum Gasteiger partial charge on any atom is 0.307 e. The molecule has 0 atom stereocenters. The van der Waals surface area contributed by atoms with Crippen LogP contribution >= 0.6 is 15.9 Å². The van der Waals surface area contributed by atoms with Crippen LogP contribution in [0.3, 0.4) is 0 Å². The fourth-order valence-corrected chi connectivity index (χ4v) is 1.19. The molecule has 0 amide bonds. The highest BCUT2D eigenvalue weighted by Crippen LogP contribution is 2.28. The van der Waals surface area contributed by atoms with Crippen LogP contribution in [-0.2, 0) is 11.2 Å². The number of phenols is 1. The van der Waals surface area contributed by atoms with Gasteiger partial charge in [-0.15, -0.1) is 0 Å². The number of carboxylic acid groups (broad SMARTS) is 1. The second-order valence-electron chi connectivity index (χ2n) is 2.44. The van der Waals surface area contributed by atoms with Crippen molar-refractivity contribution in [3.8, 4) is 5.75 Å². The molecule has 1 aromatic carbocycles. The van der Waals surface area contributed by atoms with Gasteiger partial charge in [0, 0.05) is 5.56 Å². The van der Waals surface area contributed by atoms with E-state index in [0.717, 1.165) is 0 Å². The van der Waals surface area contributed by atoms with E-state index in [2.05, 4.69) is 15.9 Å². The van der Waals surface area contributed by atoms with Crippen molar-refractivity contribution in [1.29, 1.82) is 0 Å². The van der Waals surface area contributed by atoms with Gasteiger partial charge in [0.25, 0.3) is 0 Å². The molecule has 2 N–H and O–H groups in total. The molecule has 0 spiro atoms. The normalized spacial score (nSPS) is 10.0. The molecule has 0 aliphatic heterocycles. The molecule has 0 aliphatic carbocycles. The first-order chi connectivity index (χ1) is 6.02. The average Bonchev–Trinajstić information content (AvgIpc) is 2.06. The Hall–Kier alpha value is -1.10. The zero-order valence-electron chi connectivity index (χ0n) is 6.42. The molecular formula is C8H6BrFO3. The molecule has 13 heavy (non-hydrogen) atoms. The summed E-state index contributed by atoms with van der Waals surface area (Å²) in [6.45, 7) is 0. The van der Waals surface area contributed by atoms with Gasteiger partial charge in [0.1, 0.15) is 0 Å². The fraction of sp³-hybridized carbons (Fsp3) is 0.125. The number of aliphatic carboxylic acids is 1. The van der Waals surface area contributed by atoms with Crippen molar-refractivity contribution in [2.45, 2.75) is 6.42 Å². The molecule has 3 nitrogen and oxygen atoms in total. The predicted octanol–water partition coefficient (Wildman–Crippen LogP) is 1.92. The smallest absolute Gasteiger partial charge is 0.307 e. The van der Waals surface area contributed by atoms with Crippen LogP contribution in [0.4, 0.5) is 4.39 Å². The van der Waals surface area contributed by atoms with E-state index in [4.69, 9.17) is 10.2 Å². The van der Waals surface area contributed by atoms with Crippen molar-refractivity contribution >= 4 is 21.9 Å². The Bertz CT molecular complexity index is 351. The van der Waals surface area contributed by atoms with Gasteiger partial charge in [0.15, 0.2) is 11.6 Å². The molecule has 0 radical (unpaired) electrons. The number of hydrogen-bond acceptors (Lipinski definition) is 2. The molecule has 0 saturated carbocycles. The standard InChI is InChI=1S/C8H6BrFO3/c9-5-2-1-4(3-6(11)12)7(10)8(5)13/h1-2,13H,3H2,(H,11,12). The van der Waals surface area contributed by atoms with E-state index in [0.29, 0.717) is 0 Å². The van der Waals surface area contributed by atoms with Crippen molar-refractivity contribution < 1.29 is 19.4 Å². The van der Waals surface area contributed by atoms with Crippen molar-refractivity contribution in [2.75, 3.05) is 0 Å². The van der Waals surface area contributed by atoms with E-state index in [1.54, 1.807) is 0 Å². The number of benzene rings is 1. The summed E-state index contributed by atoms with van der Waals surface area (Å²) in [6.07, 6.45) is -0.438. The zero-order valence-corrected chi connectivity index (χ0v) is 8.01. The summed E-state index contributed by atoms with van der Waals surface area (Å²) < 4.78 is 13.3. The van der Waals surface area contributed by atoms with Crippen molar-refractivity contribution in [2.24, 2.45) is 0 Å². The first-order valence-corrected chi connectivity index (χ1v) is 4.19. The molecule has 5 heteroatoms. The molecule has 0 aromatic heterocycles. The average molecular weight is 249 g/mol. The Morgan fingerprint density at radius 1 is 1.54 bits per heavy atom. The summed E-state index contributed by atoms with van der Waals surface area (Å²) >= 11 is 2.91. The molecule has 70 valence electrons. The van der Waals surface area contributed by atoms with Crippen LogP contribution in [0, 0.1) is 5.82 Å². The summed E-state index contributed by atoms with van der Waals surface area (Å²) in [5.41, 5.74) is -0.0341. The van der Waals surface area contributed by atoms with Crippen LogP contribution in [-0.4, -0.2) is 16.2 Å². The van der Waals surface area contributed by atoms with E-state index in [9.17, 15) is 9.18 Å². The second kappa shape index (κ2) is 3.74. The second-order valence-corrected chi connectivity index (χ2v) is 3.29. The highest BCUT2D eigenvalue weighted by atomic mass is 79.9. The largest absolute Gasteiger partial charge is 0.504 e. The van der Waals surface area contributed by atoms with Crippen LogP contribution in [0.25, 0.3) is 0 Å². The van der Waals surface area contributed by atoms with Crippen molar-refractivity contribution in [1.82, 2.24) is 0 Å². The molecule has 0 unspecified atom stereocenters. The highest BCUT2D eigenvalue weighted by Gasteiger charge is 2.12. The van der Waals surface area contributed by atoms with E-state index in [-0.39, 0.29) is 10.0 Å². The fourth-order valence-electron chi connectivity index (χ4n) is 0.882. The van der Waals surface area contributed by atoms with Gasteiger partial charge in [-0.2, -0.15) is 0 Å². The topological polar surface area (TPSA) is 57.5 Å². The Kier molecular flexibility index (Phi) is 2.87. The lowest BCUT2D eigenvalue weighted by Crippen LogP contribution is -2.02. The van der Waals surface area contributed by atoms with Gasteiger partial charge in [-0.25, -0.2) is 4.39 Å². The minimum Gasteiger partial charge on any atom is -0.504 e. The highest BCUT2D eigenvalue weighted by molar-refractivity contribution is 9.10. The van der Waals surface area contributed by atoms with Gasteiger partial charge in [-0.3, -0.25) is 4.79 Å². The zero-order chi connectivity index (χ0) is 10.0. The Labute approximate surface area is 81.9 Å². The molecule has 1 aromatic rings. The summed E-state index contributed by atoms with van der Waals surface area (Å²) in [5, 5.41) is 17.5. The molecule has 1 rings (SSSR count). The third-order valence-corrected chi connectivity index (χ3v) is 2.13. The number of hydrogen-bond donors (Lipinski definition) is 2. The number of rotatable bonds is 2. The molecule has 0 fully saturated rings. The van der Waals surface area contributed by atoms with Gasteiger partial charge in [-0.05, 0) is 22.0 Å². The molecule has 0 heterocycles. The van der Waals surface area contributed by atoms with Crippen LogP contribution in [0.2, 0.25) is 0 Å². The summed E-state index contributed by atoms with van der Waals surface area (Å²) in [6, 6.07) is 2.71. The van der Waals surface area contributed by atoms with Crippen LogP contribution in [0.5, 0.6) is 5.75 Å². The Morgan fingerprint density at radius 2 is 2.15 bits per heavy atom. The number of carboxylic acids is 1. The first-order valence-electron chi connectivity index (χ1n) is 3.40. The van der Waals surface area contributed by atoms with E-state index in [1.165, 1.54) is 12.1 Å². The lowest BCUT2D eigenvalue weighted by molar-refractivity contribution is -0.136. The Morgan fingerprint density at radius 3 is 2.69 bits per heavy atom. The summed E-state index contributed by atoms with van der Waals surface area (Å²) in [7, 11) is 0. The molecule has 0 bridgehead atoms. The van der Waals surface area contributed by atoms with Gasteiger partial charge >= 0.3 is 5.97 Å². The quantitative estimate of drug-likeness (QED) is 0.841. The third-order valence-electron chi connectivity index (χ3n) is 1.49. The van der Waals surface area contributed by atoms with Crippen molar-refractivity contribution in [3.05, 3.63) is 28.0 Å². The first kappa shape index (κ1) is 9.98. The van der Waals surface area contributed by atoms with E-state index < -0.39 is 24.0 Å². The summed E-state index contributed by atoms with van der Waals surface area (Å²) in [4.78, 5) is 10.3. The number of carbonyl (C=O) groups is 1. The van der Waals surface area contributed by atoms with Gasteiger partial charge in [0.2, 0.25) is 0 Å². The minimum absolute atomic E-state index is 0.0341. The molecular weight excluding hydrogens is 243 g/mol. The molecule has 0 aliphatic rings. The van der Waals surface area contributed by atoms with Gasteiger partial charge < -0.3 is 10.2 Å². The number of phenolic OH excluding ortho intramolecular Hbond substituents is 1. The van der Waals surface area contributed by atoms with E-state index >= 15 is 0 Å². The third kappa shape index (κ3) is 2.18. The maximum atomic E-state index is 13.1. The van der Waals surface area contributed by atoms with Crippen LogP contribution in [0.15, 0.2) is 16.6 Å². The van der Waals surface area contributed by atoms with Crippen molar-refractivity contribution in [3.63, 3.8) is 0 Å². The predicted molar refractivity (Wildman–Crippen MR) is 47.1 cm³/mol. The Balaban J connectivity index is 3.10. The SMILES string of the molecule is O=C(O)Cc1ccc(Br)c(O)c1F. The van der Waals surface area contributed by atoms with Crippen LogP contribution < -0.4 is 0 Å². The summed E-state index contributed by atoms with van der Waals surface area (Å²) in [5.74, 6) is -2.59. The van der Waals surface area contributed by atoms with E-state index in [1.807, 2.05) is 0 Å². The number of halogens is 2. The lowest BCUT2D eigenvalue weighted by Gasteiger charge is -2.03. The maximum absolute atomic E-state index is 13.1. The molecule has 0 saturated heterocycles. The minimum atomic E-state index is -1.14. The number of aromatic hydroxyl groups is 1. The van der Waals surface area contributed by atoms with Gasteiger partial charge in [-0.1, -0.05) is 6.07 Å². The monoisotopic (exact) mass is 248 g/mol. The van der Waals surface area contributed by atoms with Gasteiger partial charge in [0.05, 0.1) is 10.9 Å².